The predicted molar refractivity (Wildman–Crippen MR) is 107 cm³/mol. The molecule has 4 heterocycles. The molecule has 3 aromatic rings. The number of nitrogens with zero attached hydrogens (tertiary/aromatic N) is 5. The molecule has 6 nitrogen and oxygen atoms in total. The minimum Gasteiger partial charge on any atom is -0.309 e. The monoisotopic (exact) mass is 357 g/mol. The summed E-state index contributed by atoms with van der Waals surface area (Å²) < 4.78 is 0. The summed E-state index contributed by atoms with van der Waals surface area (Å²) in [5.74, 6) is 1.28. The molecule has 0 radical (unpaired) electrons. The third kappa shape index (κ3) is 3.06. The van der Waals surface area contributed by atoms with E-state index in [2.05, 4.69) is 9.97 Å². The van der Waals surface area contributed by atoms with Crippen molar-refractivity contribution >= 4 is 35.4 Å². The van der Waals surface area contributed by atoms with Crippen LogP contribution < -0.4 is 9.80 Å². The maximum atomic E-state index is 12.9. The standard InChI is InChI=1S/C21H19N5O/c1-3-26-19-17(5-4-12-23-19)21(27)25(2)18-9-8-16(24-20(18)26)7-6-15-10-13-22-14-11-15/h4-14H,3H2,1-2H3. The lowest BCUT2D eigenvalue weighted by atomic mass is 10.2. The van der Waals surface area contributed by atoms with Crippen molar-refractivity contribution in [2.24, 2.45) is 0 Å². The number of pyridine rings is 3. The lowest BCUT2D eigenvalue weighted by molar-refractivity contribution is 0.0994. The Bertz CT molecular complexity index is 1020. The number of hydrogen-bond donors (Lipinski definition) is 0. The van der Waals surface area contributed by atoms with Crippen LogP contribution in [0.4, 0.5) is 17.3 Å². The minimum atomic E-state index is -0.0859. The van der Waals surface area contributed by atoms with Crippen molar-refractivity contribution in [2.45, 2.75) is 6.92 Å². The molecule has 0 atom stereocenters. The van der Waals surface area contributed by atoms with Gasteiger partial charge >= 0.3 is 0 Å². The third-order valence-corrected chi connectivity index (χ3v) is 4.54. The van der Waals surface area contributed by atoms with E-state index in [1.807, 2.05) is 48.2 Å². The van der Waals surface area contributed by atoms with Crippen molar-refractivity contribution < 1.29 is 4.79 Å². The van der Waals surface area contributed by atoms with Gasteiger partial charge in [-0.15, -0.1) is 0 Å². The number of aromatic nitrogens is 3. The van der Waals surface area contributed by atoms with Crippen LogP contribution in [0.1, 0.15) is 28.5 Å². The highest BCUT2D eigenvalue weighted by molar-refractivity contribution is 6.12. The molecule has 1 aliphatic heterocycles. The van der Waals surface area contributed by atoms with Crippen molar-refractivity contribution in [2.75, 3.05) is 23.4 Å². The lowest BCUT2D eigenvalue weighted by Gasteiger charge is -2.23. The summed E-state index contributed by atoms with van der Waals surface area (Å²) >= 11 is 0. The summed E-state index contributed by atoms with van der Waals surface area (Å²) in [5.41, 5.74) is 3.20. The van der Waals surface area contributed by atoms with Gasteiger partial charge in [-0.3, -0.25) is 9.78 Å². The van der Waals surface area contributed by atoms with Crippen LogP contribution in [0.2, 0.25) is 0 Å². The third-order valence-electron chi connectivity index (χ3n) is 4.54. The van der Waals surface area contributed by atoms with Crippen molar-refractivity contribution in [1.29, 1.82) is 0 Å². The summed E-state index contributed by atoms with van der Waals surface area (Å²) in [4.78, 5) is 29.8. The van der Waals surface area contributed by atoms with E-state index in [-0.39, 0.29) is 5.91 Å². The van der Waals surface area contributed by atoms with Crippen LogP contribution in [0, 0.1) is 0 Å². The van der Waals surface area contributed by atoms with E-state index >= 15 is 0 Å². The smallest absolute Gasteiger partial charge is 0.261 e. The Morgan fingerprint density at radius 3 is 2.59 bits per heavy atom. The normalized spacial score (nSPS) is 13.5. The Morgan fingerprint density at radius 1 is 1.00 bits per heavy atom. The maximum absolute atomic E-state index is 12.9. The van der Waals surface area contributed by atoms with Gasteiger partial charge in [-0.25, -0.2) is 9.97 Å². The molecule has 1 amide bonds. The fourth-order valence-electron chi connectivity index (χ4n) is 3.13. The van der Waals surface area contributed by atoms with Gasteiger partial charge in [-0.1, -0.05) is 6.08 Å². The molecular formula is C21H19N5O. The molecule has 134 valence electrons. The molecule has 0 aromatic carbocycles. The topological polar surface area (TPSA) is 62.2 Å². The summed E-state index contributed by atoms with van der Waals surface area (Å²) in [5, 5.41) is 0. The van der Waals surface area contributed by atoms with Gasteiger partial charge in [0.25, 0.3) is 5.91 Å². The number of rotatable bonds is 3. The van der Waals surface area contributed by atoms with E-state index in [1.165, 1.54) is 0 Å². The van der Waals surface area contributed by atoms with Crippen LogP contribution >= 0.6 is 0 Å². The van der Waals surface area contributed by atoms with Gasteiger partial charge in [-0.2, -0.15) is 0 Å². The van der Waals surface area contributed by atoms with Crippen LogP contribution in [-0.2, 0) is 0 Å². The quantitative estimate of drug-likeness (QED) is 0.714. The number of hydrogen-bond acceptors (Lipinski definition) is 5. The fourth-order valence-corrected chi connectivity index (χ4v) is 3.13. The second-order valence-electron chi connectivity index (χ2n) is 6.18. The Balaban J connectivity index is 1.81. The zero-order valence-corrected chi connectivity index (χ0v) is 15.2. The first-order valence-corrected chi connectivity index (χ1v) is 8.79. The first kappa shape index (κ1) is 16.9. The fraction of sp³-hybridized carbons (Fsp3) is 0.143. The molecule has 3 aromatic heterocycles. The van der Waals surface area contributed by atoms with Gasteiger partial charge in [0.1, 0.15) is 5.82 Å². The Hall–Kier alpha value is -3.54. The first-order chi connectivity index (χ1) is 13.2. The highest BCUT2D eigenvalue weighted by Gasteiger charge is 2.30. The minimum absolute atomic E-state index is 0.0859. The van der Waals surface area contributed by atoms with Crippen LogP contribution in [0.15, 0.2) is 55.0 Å². The zero-order valence-electron chi connectivity index (χ0n) is 15.2. The van der Waals surface area contributed by atoms with Gasteiger partial charge in [-0.05, 0) is 55.0 Å². The number of fused-ring (bicyclic) bond motifs is 2. The molecule has 0 unspecified atom stereocenters. The van der Waals surface area contributed by atoms with E-state index in [0.717, 1.165) is 22.8 Å². The van der Waals surface area contributed by atoms with Gasteiger partial charge in [0, 0.05) is 32.2 Å². The van der Waals surface area contributed by atoms with E-state index < -0.39 is 0 Å². The second-order valence-corrected chi connectivity index (χ2v) is 6.18. The Morgan fingerprint density at radius 2 is 1.81 bits per heavy atom. The van der Waals surface area contributed by atoms with Crippen molar-refractivity contribution in [1.82, 2.24) is 15.0 Å². The van der Waals surface area contributed by atoms with Gasteiger partial charge in [0.15, 0.2) is 5.82 Å². The van der Waals surface area contributed by atoms with Crippen LogP contribution in [0.25, 0.3) is 12.2 Å². The largest absolute Gasteiger partial charge is 0.309 e. The van der Waals surface area contributed by atoms with Gasteiger partial charge in [0.05, 0.1) is 16.9 Å². The molecular weight excluding hydrogens is 338 g/mol. The van der Waals surface area contributed by atoms with E-state index in [1.54, 1.807) is 42.7 Å². The number of carbonyl (C=O) groups excluding carboxylic acids is 1. The van der Waals surface area contributed by atoms with E-state index in [0.29, 0.717) is 17.9 Å². The number of amides is 1. The van der Waals surface area contributed by atoms with Gasteiger partial charge in [0.2, 0.25) is 0 Å². The number of anilines is 3. The van der Waals surface area contributed by atoms with E-state index in [4.69, 9.17) is 4.98 Å². The second kappa shape index (κ2) is 6.99. The Kier molecular flexibility index (Phi) is 4.38. The Labute approximate surface area is 157 Å². The maximum Gasteiger partial charge on any atom is 0.261 e. The van der Waals surface area contributed by atoms with Crippen LogP contribution in [-0.4, -0.2) is 34.5 Å². The molecule has 0 saturated carbocycles. The summed E-state index contributed by atoms with van der Waals surface area (Å²) in [6.45, 7) is 2.68. The SMILES string of the molecule is CCN1c2ncccc2C(=O)N(C)c2ccc(C=Cc3ccncc3)nc21. The van der Waals surface area contributed by atoms with Crippen molar-refractivity contribution in [3.8, 4) is 0 Å². The van der Waals surface area contributed by atoms with Crippen LogP contribution in [0.5, 0.6) is 0 Å². The van der Waals surface area contributed by atoms with E-state index in [9.17, 15) is 4.79 Å². The predicted octanol–water partition coefficient (Wildman–Crippen LogP) is 3.79. The highest BCUT2D eigenvalue weighted by Crippen LogP contribution is 2.37. The molecule has 0 fully saturated rings. The molecule has 6 heteroatoms. The first-order valence-electron chi connectivity index (χ1n) is 8.79. The molecule has 0 aliphatic carbocycles. The highest BCUT2D eigenvalue weighted by atomic mass is 16.2. The molecule has 0 spiro atoms. The average molecular weight is 357 g/mol. The summed E-state index contributed by atoms with van der Waals surface area (Å²) in [6, 6.07) is 11.3. The summed E-state index contributed by atoms with van der Waals surface area (Å²) in [7, 11) is 1.77. The average Bonchev–Trinajstić information content (AvgIpc) is 2.81. The van der Waals surface area contributed by atoms with Crippen molar-refractivity contribution in [3.63, 3.8) is 0 Å². The molecule has 27 heavy (non-hydrogen) atoms. The van der Waals surface area contributed by atoms with Crippen molar-refractivity contribution in [3.05, 3.63) is 71.8 Å². The molecule has 0 saturated heterocycles. The van der Waals surface area contributed by atoms with Crippen LogP contribution in [0.3, 0.4) is 0 Å². The lowest BCUT2D eigenvalue weighted by Crippen LogP contribution is -2.25. The zero-order chi connectivity index (χ0) is 18.8. The van der Waals surface area contributed by atoms with Gasteiger partial charge < -0.3 is 9.80 Å². The molecule has 4 rings (SSSR count). The summed E-state index contributed by atoms with van der Waals surface area (Å²) in [6.07, 6.45) is 9.16. The number of carbonyl (C=O) groups is 1. The molecule has 0 N–H and O–H groups in total. The molecule has 1 aliphatic rings. The molecule has 0 bridgehead atoms.